The third kappa shape index (κ3) is 1.70. The summed E-state index contributed by atoms with van der Waals surface area (Å²) >= 11 is 0. The minimum absolute atomic E-state index is 0.636. The number of anilines is 1. The van der Waals surface area contributed by atoms with Crippen molar-refractivity contribution in [1.29, 1.82) is 0 Å². The number of rotatable bonds is 3. The summed E-state index contributed by atoms with van der Waals surface area (Å²) in [6, 6.07) is 0. The summed E-state index contributed by atoms with van der Waals surface area (Å²) in [5, 5.41) is 0. The first-order chi connectivity index (χ1) is 6.81. The van der Waals surface area contributed by atoms with E-state index in [2.05, 4.69) is 9.97 Å². The molecule has 0 saturated carbocycles. The molecule has 1 aliphatic carbocycles. The van der Waals surface area contributed by atoms with Crippen molar-refractivity contribution in [2.75, 3.05) is 25.0 Å². The van der Waals surface area contributed by atoms with Crippen LogP contribution in [0.4, 0.5) is 5.95 Å². The van der Waals surface area contributed by atoms with Gasteiger partial charge in [-0.25, -0.2) is 9.97 Å². The summed E-state index contributed by atoms with van der Waals surface area (Å²) in [4.78, 5) is 10.9. The van der Waals surface area contributed by atoms with Gasteiger partial charge in [0.05, 0.1) is 0 Å². The Labute approximate surface area is 84.2 Å². The van der Waals surface area contributed by atoms with Crippen molar-refractivity contribution in [2.24, 2.45) is 5.73 Å². The Hall–Kier alpha value is -1.16. The number of fused-ring (bicyclic) bond motifs is 1. The largest absolute Gasteiger partial charge is 0.343 e. The normalized spacial score (nSPS) is 14.1. The highest BCUT2D eigenvalue weighted by Crippen LogP contribution is 2.20. The number of nitrogens with zero attached hydrogens (tertiary/aromatic N) is 3. The molecule has 2 N–H and O–H groups in total. The molecule has 0 aromatic carbocycles. The second kappa shape index (κ2) is 3.92. The summed E-state index contributed by atoms with van der Waals surface area (Å²) in [7, 11) is 1.98. The van der Waals surface area contributed by atoms with E-state index >= 15 is 0 Å². The van der Waals surface area contributed by atoms with Gasteiger partial charge in [0.25, 0.3) is 0 Å². The maximum atomic E-state index is 5.48. The molecule has 0 fully saturated rings. The van der Waals surface area contributed by atoms with E-state index in [9.17, 15) is 0 Å². The monoisotopic (exact) mass is 192 g/mol. The van der Waals surface area contributed by atoms with Gasteiger partial charge >= 0.3 is 0 Å². The first-order valence-corrected chi connectivity index (χ1v) is 5.07. The number of aromatic nitrogens is 2. The summed E-state index contributed by atoms with van der Waals surface area (Å²) in [5.41, 5.74) is 8.02. The van der Waals surface area contributed by atoms with Gasteiger partial charge in [0.2, 0.25) is 5.95 Å². The van der Waals surface area contributed by atoms with Gasteiger partial charge in [-0.3, -0.25) is 0 Å². The van der Waals surface area contributed by atoms with Crippen molar-refractivity contribution >= 4 is 5.95 Å². The van der Waals surface area contributed by atoms with Crippen LogP contribution in [0.2, 0.25) is 0 Å². The molecule has 0 atom stereocenters. The Kier molecular flexibility index (Phi) is 2.63. The van der Waals surface area contributed by atoms with E-state index in [-0.39, 0.29) is 0 Å². The molecule has 0 radical (unpaired) electrons. The van der Waals surface area contributed by atoms with Crippen LogP contribution in [-0.2, 0) is 12.8 Å². The van der Waals surface area contributed by atoms with Gasteiger partial charge in [0.1, 0.15) is 0 Å². The first kappa shape index (κ1) is 9.40. The average Bonchev–Trinajstić information content (AvgIpc) is 2.64. The molecule has 76 valence electrons. The van der Waals surface area contributed by atoms with Gasteiger partial charge in [-0.05, 0) is 24.8 Å². The van der Waals surface area contributed by atoms with Crippen molar-refractivity contribution in [3.05, 3.63) is 17.5 Å². The van der Waals surface area contributed by atoms with E-state index in [0.29, 0.717) is 6.54 Å². The third-order valence-corrected chi connectivity index (χ3v) is 2.61. The molecule has 0 saturated heterocycles. The van der Waals surface area contributed by atoms with Crippen LogP contribution in [0.15, 0.2) is 6.20 Å². The van der Waals surface area contributed by atoms with Crippen LogP contribution in [0.3, 0.4) is 0 Å². The number of hydrogen-bond donors (Lipinski definition) is 1. The molecule has 1 aromatic rings. The number of hydrogen-bond acceptors (Lipinski definition) is 4. The van der Waals surface area contributed by atoms with Crippen LogP contribution in [0, 0.1) is 0 Å². The zero-order valence-electron chi connectivity index (χ0n) is 8.53. The van der Waals surface area contributed by atoms with Gasteiger partial charge in [0.15, 0.2) is 0 Å². The fourth-order valence-corrected chi connectivity index (χ4v) is 1.78. The first-order valence-electron chi connectivity index (χ1n) is 5.07. The Balaban J connectivity index is 2.19. The predicted molar refractivity (Wildman–Crippen MR) is 56.4 cm³/mol. The molecule has 1 aliphatic rings. The third-order valence-electron chi connectivity index (χ3n) is 2.61. The highest BCUT2D eigenvalue weighted by atomic mass is 15.2. The average molecular weight is 192 g/mol. The summed E-state index contributed by atoms with van der Waals surface area (Å²) in [5.74, 6) is 0.802. The van der Waals surface area contributed by atoms with Crippen molar-refractivity contribution in [1.82, 2.24) is 9.97 Å². The van der Waals surface area contributed by atoms with Crippen molar-refractivity contribution < 1.29 is 0 Å². The fraction of sp³-hybridized carbons (Fsp3) is 0.600. The molecule has 0 spiro atoms. The minimum atomic E-state index is 0.636. The van der Waals surface area contributed by atoms with Crippen molar-refractivity contribution in [3.8, 4) is 0 Å². The maximum absolute atomic E-state index is 5.48. The van der Waals surface area contributed by atoms with Crippen LogP contribution in [-0.4, -0.2) is 30.1 Å². The predicted octanol–water partition coefficient (Wildman–Crippen LogP) is 0.360. The lowest BCUT2D eigenvalue weighted by Crippen LogP contribution is -2.26. The number of aryl methyl sites for hydroxylation is 2. The van der Waals surface area contributed by atoms with E-state index in [1.165, 1.54) is 17.7 Å². The van der Waals surface area contributed by atoms with Gasteiger partial charge in [-0.15, -0.1) is 0 Å². The molecule has 0 unspecified atom stereocenters. The lowest BCUT2D eigenvalue weighted by Gasteiger charge is -2.16. The molecule has 1 heterocycles. The van der Waals surface area contributed by atoms with Crippen molar-refractivity contribution in [3.63, 3.8) is 0 Å². The van der Waals surface area contributed by atoms with Crippen LogP contribution in [0.25, 0.3) is 0 Å². The lowest BCUT2D eigenvalue weighted by atomic mass is 10.3. The molecule has 4 nitrogen and oxygen atoms in total. The Morgan fingerprint density at radius 2 is 2.36 bits per heavy atom. The van der Waals surface area contributed by atoms with E-state index in [1.807, 2.05) is 18.1 Å². The molecule has 0 amide bonds. The number of nitrogens with two attached hydrogens (primary N) is 1. The molecule has 0 bridgehead atoms. The maximum Gasteiger partial charge on any atom is 0.225 e. The van der Waals surface area contributed by atoms with Crippen LogP contribution >= 0.6 is 0 Å². The van der Waals surface area contributed by atoms with E-state index in [0.717, 1.165) is 25.3 Å². The zero-order chi connectivity index (χ0) is 9.97. The Morgan fingerprint density at radius 3 is 3.14 bits per heavy atom. The standard InChI is InChI=1S/C10H16N4/c1-14(6-5-11)10-12-7-8-3-2-4-9(8)13-10/h7H,2-6,11H2,1H3. The minimum Gasteiger partial charge on any atom is -0.343 e. The fourth-order valence-electron chi connectivity index (χ4n) is 1.78. The number of likely N-dealkylation sites (N-methyl/N-ethyl adjacent to an activating group) is 1. The van der Waals surface area contributed by atoms with Gasteiger partial charge in [-0.1, -0.05) is 0 Å². The van der Waals surface area contributed by atoms with Crippen LogP contribution in [0.1, 0.15) is 17.7 Å². The van der Waals surface area contributed by atoms with Crippen LogP contribution < -0.4 is 10.6 Å². The van der Waals surface area contributed by atoms with Crippen molar-refractivity contribution in [2.45, 2.75) is 19.3 Å². The van der Waals surface area contributed by atoms with Gasteiger partial charge < -0.3 is 10.6 Å². The van der Waals surface area contributed by atoms with E-state index in [4.69, 9.17) is 5.73 Å². The zero-order valence-corrected chi connectivity index (χ0v) is 8.53. The Bertz CT molecular complexity index is 324. The highest BCUT2D eigenvalue weighted by Gasteiger charge is 2.14. The highest BCUT2D eigenvalue weighted by molar-refractivity contribution is 5.34. The molecule has 0 aliphatic heterocycles. The SMILES string of the molecule is CN(CCN)c1ncc2c(n1)CCC2. The molecule has 14 heavy (non-hydrogen) atoms. The Morgan fingerprint density at radius 1 is 1.50 bits per heavy atom. The topological polar surface area (TPSA) is 55.0 Å². The van der Waals surface area contributed by atoms with E-state index < -0.39 is 0 Å². The molecule has 1 aromatic heterocycles. The quantitative estimate of drug-likeness (QED) is 0.751. The summed E-state index contributed by atoms with van der Waals surface area (Å²) < 4.78 is 0. The van der Waals surface area contributed by atoms with E-state index in [1.54, 1.807) is 0 Å². The van der Waals surface area contributed by atoms with Gasteiger partial charge in [-0.2, -0.15) is 0 Å². The molecular weight excluding hydrogens is 176 g/mol. The molecular formula is C10H16N4. The molecule has 2 rings (SSSR count). The lowest BCUT2D eigenvalue weighted by molar-refractivity contribution is 0.834. The summed E-state index contributed by atoms with van der Waals surface area (Å²) in [6.07, 6.45) is 5.41. The smallest absolute Gasteiger partial charge is 0.225 e. The second-order valence-corrected chi connectivity index (χ2v) is 3.71. The summed E-state index contributed by atoms with van der Waals surface area (Å²) in [6.45, 7) is 1.44. The molecule has 4 heteroatoms. The van der Waals surface area contributed by atoms with Gasteiger partial charge in [0, 0.05) is 32.0 Å². The second-order valence-electron chi connectivity index (χ2n) is 3.71. The van der Waals surface area contributed by atoms with Crippen LogP contribution in [0.5, 0.6) is 0 Å².